The molecule has 1 N–H and O–H groups in total. The van der Waals surface area contributed by atoms with Crippen molar-refractivity contribution < 1.29 is 22.0 Å². The van der Waals surface area contributed by atoms with Crippen LogP contribution < -0.4 is 0 Å². The van der Waals surface area contributed by atoms with E-state index in [-0.39, 0.29) is 11.4 Å². The number of rotatable bonds is 5. The van der Waals surface area contributed by atoms with E-state index in [0.29, 0.717) is 11.0 Å². The van der Waals surface area contributed by atoms with Crippen LogP contribution in [0.25, 0.3) is 11.0 Å². The number of imidazole rings is 1. The predicted octanol–water partition coefficient (Wildman–Crippen LogP) is 3.05. The maximum atomic E-state index is 12.6. The summed E-state index contributed by atoms with van der Waals surface area (Å²) in [5.41, 5.74) is 1.27. The van der Waals surface area contributed by atoms with E-state index in [9.17, 15) is 27.3 Å². The number of hydrogen-bond donors (Lipinski definition) is 1. The lowest BCUT2D eigenvalue weighted by molar-refractivity contribution is 0.0976. The van der Waals surface area contributed by atoms with Gasteiger partial charge in [-0.3, -0.25) is 4.79 Å². The first kappa shape index (κ1) is 17.7. The van der Waals surface area contributed by atoms with Crippen LogP contribution in [0.3, 0.4) is 0 Å². The number of carbonyl (C=O) groups is 1. The molecule has 3 rings (SSSR count). The van der Waals surface area contributed by atoms with Gasteiger partial charge < -0.3 is 4.98 Å². The number of alkyl halides is 2. The lowest BCUT2D eigenvalue weighted by Crippen LogP contribution is -2.14. The number of carbonyl (C=O) groups excluding carboxylic acids is 1. The number of benzene rings is 2. The van der Waals surface area contributed by atoms with E-state index < -0.39 is 32.2 Å². The van der Waals surface area contributed by atoms with E-state index in [4.69, 9.17) is 0 Å². The molecule has 0 amide bonds. The maximum absolute atomic E-state index is 12.6. The fourth-order valence-electron chi connectivity index (χ4n) is 2.43. The summed E-state index contributed by atoms with van der Waals surface area (Å²) >= 11 is 0. The van der Waals surface area contributed by atoms with Gasteiger partial charge in [0.1, 0.15) is 5.82 Å². The molecule has 0 aliphatic rings. The maximum Gasteiger partial charge on any atom is 0.341 e. The zero-order valence-corrected chi connectivity index (χ0v) is 13.9. The largest absolute Gasteiger partial charge is 0.341 e. The van der Waals surface area contributed by atoms with Crippen LogP contribution >= 0.6 is 0 Å². The number of fused-ring (bicyclic) bond motifs is 1. The Hall–Kier alpha value is -3.12. The molecule has 26 heavy (non-hydrogen) atoms. The number of nitriles is 1. The Labute approximate surface area is 147 Å². The normalized spacial score (nSPS) is 12.8. The van der Waals surface area contributed by atoms with Crippen molar-refractivity contribution in [2.24, 2.45) is 0 Å². The lowest BCUT2D eigenvalue weighted by atomic mass is 9.98. The zero-order valence-electron chi connectivity index (χ0n) is 13.1. The molecule has 3 aromatic rings. The van der Waals surface area contributed by atoms with E-state index in [1.165, 1.54) is 0 Å². The molecule has 0 spiro atoms. The van der Waals surface area contributed by atoms with Gasteiger partial charge in [0.05, 0.1) is 22.0 Å². The first-order valence-corrected chi connectivity index (χ1v) is 8.90. The van der Waals surface area contributed by atoms with Gasteiger partial charge in [0, 0.05) is 5.56 Å². The summed E-state index contributed by atoms with van der Waals surface area (Å²) in [6, 6.07) is 12.9. The van der Waals surface area contributed by atoms with Gasteiger partial charge in [-0.25, -0.2) is 13.4 Å². The lowest BCUT2D eigenvalue weighted by Gasteiger charge is -2.07. The molecule has 0 aliphatic heterocycles. The quantitative estimate of drug-likeness (QED) is 0.690. The van der Waals surface area contributed by atoms with Crippen molar-refractivity contribution in [3.8, 4) is 6.07 Å². The minimum absolute atomic E-state index is 0.0187. The SMILES string of the molecule is N#C[C@H](C(=O)c1ccc(S(=O)(=O)C(F)F)cc1)c1nc2ccccc2[nH]1. The molecule has 9 heteroatoms. The molecular formula is C17H11F2N3O3S. The summed E-state index contributed by atoms with van der Waals surface area (Å²) in [5, 5.41) is 9.37. The number of ketones is 1. The third kappa shape index (κ3) is 3.07. The smallest absolute Gasteiger partial charge is 0.340 e. The second-order valence-corrected chi connectivity index (χ2v) is 7.31. The van der Waals surface area contributed by atoms with Crippen LogP contribution in [0.2, 0.25) is 0 Å². The molecule has 0 bridgehead atoms. The van der Waals surface area contributed by atoms with E-state index in [1.807, 2.05) is 6.07 Å². The Morgan fingerprint density at radius 1 is 1.12 bits per heavy atom. The van der Waals surface area contributed by atoms with Crippen LogP contribution in [-0.2, 0) is 9.84 Å². The van der Waals surface area contributed by atoms with Crippen molar-refractivity contribution in [3.05, 3.63) is 59.9 Å². The predicted molar refractivity (Wildman–Crippen MR) is 88.4 cm³/mol. The first-order valence-electron chi connectivity index (χ1n) is 7.35. The third-order valence-corrected chi connectivity index (χ3v) is 5.17. The van der Waals surface area contributed by atoms with Crippen LogP contribution in [0, 0.1) is 11.3 Å². The number of nitrogens with zero attached hydrogens (tertiary/aromatic N) is 2. The monoisotopic (exact) mass is 375 g/mol. The Kier molecular flexibility index (Phi) is 4.52. The van der Waals surface area contributed by atoms with E-state index in [1.54, 1.807) is 24.3 Å². The second kappa shape index (κ2) is 6.65. The average Bonchev–Trinajstić information content (AvgIpc) is 3.05. The Bertz CT molecular complexity index is 1080. The van der Waals surface area contributed by atoms with Gasteiger partial charge in [0.15, 0.2) is 11.7 Å². The van der Waals surface area contributed by atoms with Crippen LogP contribution in [0.15, 0.2) is 53.4 Å². The molecule has 0 fully saturated rings. The first-order chi connectivity index (χ1) is 12.3. The minimum atomic E-state index is -4.74. The van der Waals surface area contributed by atoms with Crippen molar-refractivity contribution in [1.29, 1.82) is 5.26 Å². The van der Waals surface area contributed by atoms with E-state index >= 15 is 0 Å². The number of aromatic nitrogens is 2. The molecule has 0 unspecified atom stereocenters. The second-order valence-electron chi connectivity index (χ2n) is 5.40. The highest BCUT2D eigenvalue weighted by Crippen LogP contribution is 2.23. The molecule has 0 aliphatic carbocycles. The molecule has 2 aromatic carbocycles. The van der Waals surface area contributed by atoms with Crippen molar-refractivity contribution in [2.45, 2.75) is 16.6 Å². The number of aromatic amines is 1. The minimum Gasteiger partial charge on any atom is -0.340 e. The topological polar surface area (TPSA) is 104 Å². The number of Topliss-reactive ketones (excluding diaryl/α,β-unsaturated/α-hetero) is 1. The Morgan fingerprint density at radius 2 is 1.77 bits per heavy atom. The van der Waals surface area contributed by atoms with Gasteiger partial charge in [0.25, 0.3) is 0 Å². The molecule has 0 radical (unpaired) electrons. The van der Waals surface area contributed by atoms with Crippen LogP contribution in [0.1, 0.15) is 22.1 Å². The highest BCUT2D eigenvalue weighted by Gasteiger charge is 2.28. The van der Waals surface area contributed by atoms with Gasteiger partial charge in [-0.2, -0.15) is 14.0 Å². The molecule has 0 saturated carbocycles. The number of para-hydroxylation sites is 2. The van der Waals surface area contributed by atoms with Crippen LogP contribution in [0.4, 0.5) is 8.78 Å². The van der Waals surface area contributed by atoms with Gasteiger partial charge in [-0.05, 0) is 24.3 Å². The fourth-order valence-corrected chi connectivity index (χ4v) is 3.15. The van der Waals surface area contributed by atoms with Gasteiger partial charge in [-0.15, -0.1) is 0 Å². The highest BCUT2D eigenvalue weighted by molar-refractivity contribution is 7.91. The standard InChI is InChI=1S/C17H11F2N3O3S/c18-17(19)26(24,25)11-7-5-10(6-8-11)15(23)12(9-20)16-21-13-3-1-2-4-14(13)22-16/h1-8,12,17H,(H,21,22)/t12-/m1/s1. The van der Waals surface area contributed by atoms with Crippen molar-refractivity contribution in [2.75, 3.05) is 0 Å². The summed E-state index contributed by atoms with van der Waals surface area (Å²) in [6.07, 6.45) is 0. The van der Waals surface area contributed by atoms with Crippen molar-refractivity contribution in [3.63, 3.8) is 0 Å². The number of halogens is 2. The summed E-state index contributed by atoms with van der Waals surface area (Å²) in [7, 11) is -4.74. The van der Waals surface area contributed by atoms with Crippen molar-refractivity contribution >= 4 is 26.7 Å². The van der Waals surface area contributed by atoms with Crippen LogP contribution in [-0.4, -0.2) is 29.9 Å². The average molecular weight is 375 g/mol. The fraction of sp³-hybridized carbons (Fsp3) is 0.118. The van der Waals surface area contributed by atoms with E-state index in [2.05, 4.69) is 9.97 Å². The molecular weight excluding hydrogens is 364 g/mol. The van der Waals surface area contributed by atoms with Gasteiger partial charge in [0.2, 0.25) is 9.84 Å². The van der Waals surface area contributed by atoms with Gasteiger partial charge >= 0.3 is 5.76 Å². The number of H-pyrrole nitrogens is 1. The third-order valence-electron chi connectivity index (χ3n) is 3.77. The Morgan fingerprint density at radius 3 is 2.35 bits per heavy atom. The summed E-state index contributed by atoms with van der Waals surface area (Å²) in [4.78, 5) is 19.1. The summed E-state index contributed by atoms with van der Waals surface area (Å²) in [6.45, 7) is 0. The summed E-state index contributed by atoms with van der Waals surface area (Å²) < 4.78 is 47.9. The van der Waals surface area contributed by atoms with Crippen LogP contribution in [0.5, 0.6) is 0 Å². The van der Waals surface area contributed by atoms with E-state index in [0.717, 1.165) is 24.3 Å². The highest BCUT2D eigenvalue weighted by atomic mass is 32.2. The van der Waals surface area contributed by atoms with Gasteiger partial charge in [-0.1, -0.05) is 24.3 Å². The Balaban J connectivity index is 1.93. The molecule has 0 saturated heterocycles. The number of nitrogens with one attached hydrogen (secondary N) is 1. The molecule has 1 heterocycles. The molecule has 1 atom stereocenters. The molecule has 1 aromatic heterocycles. The molecule has 6 nitrogen and oxygen atoms in total. The zero-order chi connectivity index (χ0) is 18.9. The van der Waals surface area contributed by atoms with Crippen molar-refractivity contribution in [1.82, 2.24) is 9.97 Å². The number of hydrogen-bond acceptors (Lipinski definition) is 5. The summed E-state index contributed by atoms with van der Waals surface area (Å²) in [5.74, 6) is -5.25. The molecule has 132 valence electrons. The number of sulfone groups is 1.